The number of carboxylic acid groups (broad SMARTS) is 1. The van der Waals surface area contributed by atoms with Gasteiger partial charge in [-0.15, -0.1) is 6.58 Å². The molecule has 3 unspecified atom stereocenters. The number of aromatic nitrogens is 1. The number of likely N-dealkylation sites (tertiary alicyclic amines) is 1. The third-order valence-corrected chi connectivity index (χ3v) is 8.82. The smallest absolute Gasteiger partial charge is 0.408 e. The topological polar surface area (TPSA) is 156 Å². The minimum Gasteiger partial charge on any atom is -0.497 e. The number of alkyl carbamates (subject to hydrolysis) is 1. The molecule has 49 heavy (non-hydrogen) atoms. The molecule has 12 heteroatoms. The van der Waals surface area contributed by atoms with Crippen LogP contribution < -0.4 is 20.1 Å². The largest absolute Gasteiger partial charge is 0.497 e. The van der Waals surface area contributed by atoms with Gasteiger partial charge in [0, 0.05) is 35.4 Å². The zero-order valence-corrected chi connectivity index (χ0v) is 28.7. The normalized spacial score (nSPS) is 22.3. The Bertz CT molecular complexity index is 1750. The fourth-order valence-electron chi connectivity index (χ4n) is 6.16. The Morgan fingerprint density at radius 3 is 2.41 bits per heavy atom. The van der Waals surface area contributed by atoms with E-state index in [4.69, 9.17) is 19.2 Å². The van der Waals surface area contributed by atoms with Crippen LogP contribution in [0.1, 0.15) is 47.5 Å². The first kappa shape index (κ1) is 35.2. The summed E-state index contributed by atoms with van der Waals surface area (Å²) in [4.78, 5) is 59.4. The van der Waals surface area contributed by atoms with Crippen molar-refractivity contribution in [1.29, 1.82) is 0 Å². The van der Waals surface area contributed by atoms with Crippen molar-refractivity contribution < 1.29 is 38.5 Å². The maximum Gasteiger partial charge on any atom is 0.408 e. The first-order valence-corrected chi connectivity index (χ1v) is 16.3. The van der Waals surface area contributed by atoms with Gasteiger partial charge < -0.3 is 34.9 Å². The lowest BCUT2D eigenvalue weighted by molar-refractivity contribution is -0.146. The molecule has 5 atom stereocenters. The Morgan fingerprint density at radius 2 is 1.82 bits per heavy atom. The zero-order chi connectivity index (χ0) is 35.7. The van der Waals surface area contributed by atoms with Crippen molar-refractivity contribution in [3.63, 3.8) is 0 Å². The van der Waals surface area contributed by atoms with E-state index in [1.165, 1.54) is 11.0 Å². The minimum absolute atomic E-state index is 0.00172. The number of methoxy groups -OCH3 is 1. The number of ether oxygens (including phenoxy) is 3. The summed E-state index contributed by atoms with van der Waals surface area (Å²) in [6.07, 6.45) is 0.341. The number of benzene rings is 2. The molecule has 1 aliphatic carbocycles. The number of pyridine rings is 1. The number of rotatable bonds is 11. The molecule has 2 fully saturated rings. The highest BCUT2D eigenvalue weighted by Gasteiger charge is 2.61. The lowest BCUT2D eigenvalue weighted by Gasteiger charge is -2.31. The number of hydrogen-bond acceptors (Lipinski definition) is 8. The van der Waals surface area contributed by atoms with E-state index in [1.807, 2.05) is 48.5 Å². The van der Waals surface area contributed by atoms with Gasteiger partial charge >= 0.3 is 12.1 Å². The summed E-state index contributed by atoms with van der Waals surface area (Å²) < 4.78 is 17.5. The van der Waals surface area contributed by atoms with Crippen LogP contribution in [0.25, 0.3) is 22.2 Å². The second-order valence-corrected chi connectivity index (χ2v) is 13.9. The number of carboxylic acids is 1. The molecule has 3 N–H and O–H groups in total. The number of hydrogen-bond donors (Lipinski definition) is 3. The highest BCUT2D eigenvalue weighted by atomic mass is 16.6. The Hall–Kier alpha value is -5.13. The predicted molar refractivity (Wildman–Crippen MR) is 183 cm³/mol. The van der Waals surface area contributed by atoms with E-state index >= 15 is 0 Å². The number of carbonyl (C=O) groups excluding carboxylic acids is 3. The molecule has 2 aliphatic rings. The maximum atomic E-state index is 14.2. The lowest BCUT2D eigenvalue weighted by Crippen LogP contribution is -2.57. The summed E-state index contributed by atoms with van der Waals surface area (Å²) in [5.74, 6) is -2.01. The van der Waals surface area contributed by atoms with E-state index in [1.54, 1.807) is 47.8 Å². The molecule has 12 nitrogen and oxygen atoms in total. The molecule has 1 aliphatic heterocycles. The molecular formula is C37H44N4O8. The average molecular weight is 673 g/mol. The van der Waals surface area contributed by atoms with Gasteiger partial charge in [-0.25, -0.2) is 14.6 Å². The quantitative estimate of drug-likeness (QED) is 0.240. The molecule has 3 amide bonds. The summed E-state index contributed by atoms with van der Waals surface area (Å²) in [5, 5.41) is 16.1. The molecular weight excluding hydrogens is 628 g/mol. The van der Waals surface area contributed by atoms with Crippen molar-refractivity contribution in [1.82, 2.24) is 20.5 Å². The van der Waals surface area contributed by atoms with Crippen molar-refractivity contribution in [3.05, 3.63) is 67.3 Å². The molecule has 0 bridgehead atoms. The first-order valence-electron chi connectivity index (χ1n) is 16.3. The number of nitrogens with one attached hydrogen (secondary N) is 2. The summed E-state index contributed by atoms with van der Waals surface area (Å²) in [7, 11) is 1.57. The molecule has 1 saturated carbocycles. The van der Waals surface area contributed by atoms with Crippen LogP contribution in [0.3, 0.4) is 0 Å². The third-order valence-electron chi connectivity index (χ3n) is 8.82. The SMILES string of the molecule is C=CC1CC1(NC(=O)C1C[C@@H](Oc2cc(-c3ccccc3)nc3cc(OC)ccc23)CN1C(=O)[C@@H](NC(=O)OC(C)(C)C)C(C)C)C(=O)O. The molecule has 0 spiro atoms. The average Bonchev–Trinajstić information content (AvgIpc) is 3.61. The van der Waals surface area contributed by atoms with E-state index in [0.29, 0.717) is 28.1 Å². The van der Waals surface area contributed by atoms with Gasteiger partial charge in [-0.05, 0) is 45.2 Å². The van der Waals surface area contributed by atoms with Gasteiger partial charge in [-0.2, -0.15) is 0 Å². The number of amides is 3. The number of nitrogens with zero attached hydrogens (tertiary/aromatic N) is 2. The van der Waals surface area contributed by atoms with Gasteiger partial charge in [0.15, 0.2) is 0 Å². The molecule has 1 saturated heterocycles. The Balaban J connectivity index is 1.49. The van der Waals surface area contributed by atoms with E-state index < -0.39 is 59.1 Å². The monoisotopic (exact) mass is 672 g/mol. The summed E-state index contributed by atoms with van der Waals surface area (Å²) in [6.45, 7) is 12.4. The van der Waals surface area contributed by atoms with Gasteiger partial charge in [0.1, 0.15) is 40.8 Å². The van der Waals surface area contributed by atoms with Crippen molar-refractivity contribution in [2.75, 3.05) is 13.7 Å². The maximum absolute atomic E-state index is 14.2. The Morgan fingerprint density at radius 1 is 1.10 bits per heavy atom. The number of fused-ring (bicyclic) bond motifs is 1. The van der Waals surface area contributed by atoms with Gasteiger partial charge in [-0.1, -0.05) is 50.3 Å². The van der Waals surface area contributed by atoms with Crippen molar-refractivity contribution in [2.45, 2.75) is 76.8 Å². The third kappa shape index (κ3) is 7.63. The Labute approximate surface area is 285 Å². The zero-order valence-electron chi connectivity index (χ0n) is 28.7. The molecule has 2 heterocycles. The van der Waals surface area contributed by atoms with Crippen LogP contribution in [0, 0.1) is 11.8 Å². The molecule has 0 radical (unpaired) electrons. The van der Waals surface area contributed by atoms with Crippen molar-refractivity contribution in [3.8, 4) is 22.8 Å². The fourth-order valence-corrected chi connectivity index (χ4v) is 6.16. The van der Waals surface area contributed by atoms with E-state index in [9.17, 15) is 24.3 Å². The molecule has 1 aromatic heterocycles. The summed E-state index contributed by atoms with van der Waals surface area (Å²) in [6, 6.07) is 14.8. The lowest BCUT2D eigenvalue weighted by atomic mass is 10.0. The van der Waals surface area contributed by atoms with Crippen molar-refractivity contribution in [2.24, 2.45) is 11.8 Å². The van der Waals surface area contributed by atoms with E-state index in [-0.39, 0.29) is 25.3 Å². The van der Waals surface area contributed by atoms with Crippen LogP contribution in [0.2, 0.25) is 0 Å². The second-order valence-electron chi connectivity index (χ2n) is 13.9. The van der Waals surface area contributed by atoms with Crippen LogP contribution in [0.15, 0.2) is 67.3 Å². The molecule has 3 aromatic rings. The van der Waals surface area contributed by atoms with Crippen molar-refractivity contribution >= 4 is 34.8 Å². The second kappa shape index (κ2) is 13.8. The minimum atomic E-state index is -1.50. The van der Waals surface area contributed by atoms with Gasteiger partial charge in [0.25, 0.3) is 0 Å². The van der Waals surface area contributed by atoms with Crippen LogP contribution in [-0.4, -0.2) is 81.8 Å². The van der Waals surface area contributed by atoms with Crippen LogP contribution >= 0.6 is 0 Å². The van der Waals surface area contributed by atoms with Gasteiger partial charge in [0.05, 0.1) is 24.9 Å². The highest BCUT2D eigenvalue weighted by molar-refractivity contribution is 5.96. The Kier molecular flexibility index (Phi) is 9.89. The van der Waals surface area contributed by atoms with E-state index in [2.05, 4.69) is 17.2 Å². The molecule has 260 valence electrons. The first-order chi connectivity index (χ1) is 23.2. The van der Waals surface area contributed by atoms with Crippen LogP contribution in [0.4, 0.5) is 4.79 Å². The van der Waals surface area contributed by atoms with Gasteiger partial charge in [0.2, 0.25) is 11.8 Å². The molecule has 2 aromatic carbocycles. The molecule has 5 rings (SSSR count). The fraction of sp³-hybridized carbons (Fsp3) is 0.432. The van der Waals surface area contributed by atoms with Crippen LogP contribution in [-0.2, 0) is 19.1 Å². The number of carbonyl (C=O) groups is 4. The number of aliphatic carboxylic acids is 1. The van der Waals surface area contributed by atoms with Gasteiger partial charge in [-0.3, -0.25) is 9.59 Å². The standard InChI is InChI=1S/C37H44N4O8/c1-8-23-19-37(23,34(44)45)40-32(42)29-17-25(20-41(29)33(43)31(21(2)3)39-35(46)49-36(4,5)6)48-30-18-27(22-12-10-9-11-13-22)38-28-16-24(47-7)14-15-26(28)30/h8-16,18,21,23,25,29,31H,1,17,19-20H2,2-7H3,(H,39,46)(H,40,42)(H,44,45)/t23?,25-,29?,31+,37?/m1/s1. The highest BCUT2D eigenvalue weighted by Crippen LogP contribution is 2.45. The van der Waals surface area contributed by atoms with E-state index in [0.717, 1.165) is 5.56 Å². The summed E-state index contributed by atoms with van der Waals surface area (Å²) in [5.41, 5.74) is -0.137. The van der Waals surface area contributed by atoms with Crippen LogP contribution in [0.5, 0.6) is 11.5 Å². The predicted octanol–water partition coefficient (Wildman–Crippen LogP) is 4.95. The summed E-state index contributed by atoms with van der Waals surface area (Å²) >= 11 is 0.